The van der Waals surface area contributed by atoms with Gasteiger partial charge in [0.25, 0.3) is 0 Å². The van der Waals surface area contributed by atoms with Crippen molar-refractivity contribution in [1.82, 2.24) is 9.47 Å². The van der Waals surface area contributed by atoms with Crippen LogP contribution in [-0.2, 0) is 13.0 Å². The molecule has 1 unspecified atom stereocenters. The van der Waals surface area contributed by atoms with Gasteiger partial charge in [0.1, 0.15) is 0 Å². The molecule has 1 saturated heterocycles. The summed E-state index contributed by atoms with van der Waals surface area (Å²) >= 11 is 0. The van der Waals surface area contributed by atoms with E-state index in [1.807, 2.05) is 18.2 Å². The standard InChI is InChI=1S/C22H23N3/c23-15-19-6-7-21-10-13-25(22(21)14-19)17-20-9-12-24(16-20)11-8-18-4-2-1-3-5-18/h1-7,10,13-14,20H,8-9,11-12,16-17H2. The normalized spacial score (nSPS) is 17.8. The Balaban J connectivity index is 1.37. The molecule has 3 nitrogen and oxygen atoms in total. The molecule has 1 aliphatic rings. The lowest BCUT2D eigenvalue weighted by Crippen LogP contribution is -2.24. The van der Waals surface area contributed by atoms with Crippen molar-refractivity contribution in [3.63, 3.8) is 0 Å². The van der Waals surface area contributed by atoms with Gasteiger partial charge in [-0.25, -0.2) is 0 Å². The molecule has 0 amide bonds. The van der Waals surface area contributed by atoms with Crippen LogP contribution in [0, 0.1) is 17.2 Å². The predicted octanol–water partition coefficient (Wildman–Crippen LogP) is 4.08. The quantitative estimate of drug-likeness (QED) is 0.706. The SMILES string of the molecule is N#Cc1ccc2ccn(CC3CCN(CCc4ccccc4)C3)c2c1. The van der Waals surface area contributed by atoms with E-state index in [0.717, 1.165) is 25.1 Å². The molecule has 1 aromatic heterocycles. The summed E-state index contributed by atoms with van der Waals surface area (Å²) in [6, 6.07) is 21.1. The largest absolute Gasteiger partial charge is 0.347 e. The fraction of sp³-hybridized carbons (Fsp3) is 0.318. The molecule has 1 atom stereocenters. The maximum atomic E-state index is 9.13. The molecule has 25 heavy (non-hydrogen) atoms. The molecule has 0 radical (unpaired) electrons. The van der Waals surface area contributed by atoms with E-state index in [-0.39, 0.29) is 0 Å². The monoisotopic (exact) mass is 329 g/mol. The van der Waals surface area contributed by atoms with Gasteiger partial charge in [-0.05, 0) is 54.5 Å². The van der Waals surface area contributed by atoms with Gasteiger partial charge < -0.3 is 9.47 Å². The summed E-state index contributed by atoms with van der Waals surface area (Å²) in [5.41, 5.74) is 3.34. The first-order valence-electron chi connectivity index (χ1n) is 9.07. The van der Waals surface area contributed by atoms with E-state index in [1.54, 1.807) is 0 Å². The first-order chi connectivity index (χ1) is 12.3. The van der Waals surface area contributed by atoms with Gasteiger partial charge in [-0.15, -0.1) is 0 Å². The van der Waals surface area contributed by atoms with Crippen LogP contribution in [0.2, 0.25) is 0 Å². The second kappa shape index (κ2) is 7.13. The lowest BCUT2D eigenvalue weighted by molar-refractivity contribution is 0.321. The second-order valence-electron chi connectivity index (χ2n) is 7.04. The number of nitrogens with zero attached hydrogens (tertiary/aromatic N) is 3. The van der Waals surface area contributed by atoms with Crippen molar-refractivity contribution in [3.05, 3.63) is 71.9 Å². The second-order valence-corrected chi connectivity index (χ2v) is 7.04. The summed E-state index contributed by atoms with van der Waals surface area (Å²) in [7, 11) is 0. The van der Waals surface area contributed by atoms with Gasteiger partial charge in [0.05, 0.1) is 11.6 Å². The van der Waals surface area contributed by atoms with Gasteiger partial charge in [0.15, 0.2) is 0 Å². The molecule has 2 aromatic carbocycles. The molecule has 126 valence electrons. The minimum atomic E-state index is 0.692. The number of benzene rings is 2. The number of nitriles is 1. The lowest BCUT2D eigenvalue weighted by atomic mass is 10.1. The van der Waals surface area contributed by atoms with Gasteiger partial charge >= 0.3 is 0 Å². The predicted molar refractivity (Wildman–Crippen MR) is 101 cm³/mol. The van der Waals surface area contributed by atoms with Crippen LogP contribution >= 0.6 is 0 Å². The highest BCUT2D eigenvalue weighted by Gasteiger charge is 2.22. The Labute approximate surface area is 149 Å². The number of hydrogen-bond acceptors (Lipinski definition) is 2. The summed E-state index contributed by atoms with van der Waals surface area (Å²) in [6.45, 7) is 4.55. The maximum absolute atomic E-state index is 9.13. The van der Waals surface area contributed by atoms with Gasteiger partial charge in [-0.3, -0.25) is 0 Å². The van der Waals surface area contributed by atoms with Crippen molar-refractivity contribution in [2.24, 2.45) is 5.92 Å². The van der Waals surface area contributed by atoms with E-state index in [2.05, 4.69) is 58.1 Å². The van der Waals surface area contributed by atoms with E-state index in [1.165, 1.54) is 36.0 Å². The van der Waals surface area contributed by atoms with Gasteiger partial charge in [0, 0.05) is 31.3 Å². The van der Waals surface area contributed by atoms with Crippen LogP contribution in [0.4, 0.5) is 0 Å². The van der Waals surface area contributed by atoms with Crippen molar-refractivity contribution in [2.75, 3.05) is 19.6 Å². The molecule has 1 fully saturated rings. The van der Waals surface area contributed by atoms with Crippen molar-refractivity contribution >= 4 is 10.9 Å². The Bertz CT molecular complexity index is 889. The Kier molecular flexibility index (Phi) is 4.54. The Morgan fingerprint density at radius 2 is 1.96 bits per heavy atom. The number of rotatable bonds is 5. The van der Waals surface area contributed by atoms with Crippen LogP contribution in [-0.4, -0.2) is 29.1 Å². The zero-order valence-corrected chi connectivity index (χ0v) is 14.4. The number of fused-ring (bicyclic) bond motifs is 1. The minimum absolute atomic E-state index is 0.692. The summed E-state index contributed by atoms with van der Waals surface area (Å²) in [5, 5.41) is 10.4. The molecule has 4 rings (SSSR count). The van der Waals surface area contributed by atoms with Crippen LogP contribution in [0.5, 0.6) is 0 Å². The third kappa shape index (κ3) is 3.60. The third-order valence-corrected chi connectivity index (χ3v) is 5.29. The Morgan fingerprint density at radius 1 is 1.08 bits per heavy atom. The highest BCUT2D eigenvalue weighted by Crippen LogP contribution is 2.23. The first-order valence-corrected chi connectivity index (χ1v) is 9.07. The van der Waals surface area contributed by atoms with Crippen LogP contribution < -0.4 is 0 Å². The summed E-state index contributed by atoms with van der Waals surface area (Å²) in [6.07, 6.45) is 4.55. The van der Waals surface area contributed by atoms with Crippen molar-refractivity contribution in [2.45, 2.75) is 19.4 Å². The Hall–Kier alpha value is -2.57. The van der Waals surface area contributed by atoms with Crippen LogP contribution in [0.3, 0.4) is 0 Å². The highest BCUT2D eigenvalue weighted by molar-refractivity contribution is 5.81. The fourth-order valence-corrected chi connectivity index (χ4v) is 3.89. The van der Waals surface area contributed by atoms with Gasteiger partial charge in [-0.2, -0.15) is 5.26 Å². The van der Waals surface area contributed by atoms with Gasteiger partial charge in [-0.1, -0.05) is 36.4 Å². The van der Waals surface area contributed by atoms with Crippen molar-refractivity contribution in [1.29, 1.82) is 5.26 Å². The topological polar surface area (TPSA) is 32.0 Å². The zero-order chi connectivity index (χ0) is 17.1. The molecule has 2 heterocycles. The molecule has 0 aliphatic carbocycles. The molecule has 1 aliphatic heterocycles. The van der Waals surface area contributed by atoms with Crippen molar-refractivity contribution in [3.8, 4) is 6.07 Å². The molecule has 0 spiro atoms. The summed E-state index contributed by atoms with van der Waals surface area (Å²) in [5.74, 6) is 0.692. The average molecular weight is 329 g/mol. The average Bonchev–Trinajstić information content (AvgIpc) is 3.28. The van der Waals surface area contributed by atoms with Crippen LogP contribution in [0.25, 0.3) is 10.9 Å². The summed E-state index contributed by atoms with van der Waals surface area (Å²) in [4.78, 5) is 2.59. The van der Waals surface area contributed by atoms with E-state index in [0.29, 0.717) is 5.92 Å². The van der Waals surface area contributed by atoms with Crippen LogP contribution in [0.15, 0.2) is 60.8 Å². The first kappa shape index (κ1) is 15.9. The molecule has 3 heteroatoms. The molecule has 3 aromatic rings. The number of likely N-dealkylation sites (tertiary alicyclic amines) is 1. The smallest absolute Gasteiger partial charge is 0.0992 e. The number of aromatic nitrogens is 1. The maximum Gasteiger partial charge on any atom is 0.0992 e. The zero-order valence-electron chi connectivity index (χ0n) is 14.4. The van der Waals surface area contributed by atoms with E-state index in [4.69, 9.17) is 5.26 Å². The van der Waals surface area contributed by atoms with Gasteiger partial charge in [0.2, 0.25) is 0 Å². The molecule has 0 saturated carbocycles. The summed E-state index contributed by atoms with van der Waals surface area (Å²) < 4.78 is 2.32. The van der Waals surface area contributed by atoms with E-state index in [9.17, 15) is 0 Å². The fourth-order valence-electron chi connectivity index (χ4n) is 3.89. The minimum Gasteiger partial charge on any atom is -0.347 e. The van der Waals surface area contributed by atoms with Crippen molar-refractivity contribution < 1.29 is 0 Å². The van der Waals surface area contributed by atoms with Crippen LogP contribution in [0.1, 0.15) is 17.5 Å². The molecule has 0 bridgehead atoms. The van der Waals surface area contributed by atoms with E-state index < -0.39 is 0 Å². The molecular weight excluding hydrogens is 306 g/mol. The Morgan fingerprint density at radius 3 is 2.80 bits per heavy atom. The third-order valence-electron chi connectivity index (χ3n) is 5.29. The number of hydrogen-bond donors (Lipinski definition) is 0. The van der Waals surface area contributed by atoms with E-state index >= 15 is 0 Å². The molecule has 0 N–H and O–H groups in total. The lowest BCUT2D eigenvalue weighted by Gasteiger charge is -2.16. The molecular formula is C22H23N3. The highest BCUT2D eigenvalue weighted by atomic mass is 15.1.